The van der Waals surface area contributed by atoms with Gasteiger partial charge in [-0.25, -0.2) is 0 Å². The maximum atomic E-state index is 4.67. The number of nitrogens with zero attached hydrogens (tertiary/aromatic N) is 1. The molecule has 0 amide bonds. The summed E-state index contributed by atoms with van der Waals surface area (Å²) < 4.78 is 0. The van der Waals surface area contributed by atoms with E-state index < -0.39 is 0 Å². The number of rotatable bonds is 2. The number of hydrogen-bond acceptors (Lipinski definition) is 2. The van der Waals surface area contributed by atoms with Gasteiger partial charge in [-0.3, -0.25) is 0 Å². The zero-order valence-electron chi connectivity index (χ0n) is 24.7. The van der Waals surface area contributed by atoms with Crippen molar-refractivity contribution in [2.24, 2.45) is 4.99 Å². The Morgan fingerprint density at radius 2 is 0.923 bits per heavy atom. The first kappa shape index (κ1) is 35.5. The second-order valence-corrected chi connectivity index (χ2v) is 7.52. The minimum absolute atomic E-state index is 0.807. The third-order valence-electron chi connectivity index (χ3n) is 4.78. The molecule has 0 aromatic heterocycles. The molecule has 202 valence electrons. The van der Waals surface area contributed by atoms with E-state index in [0.29, 0.717) is 0 Å². The van der Waals surface area contributed by atoms with E-state index in [1.807, 2.05) is 110 Å². The van der Waals surface area contributed by atoms with Gasteiger partial charge in [-0.1, -0.05) is 103 Å². The van der Waals surface area contributed by atoms with Crippen molar-refractivity contribution >= 4 is 43.1 Å². The second kappa shape index (κ2) is 22.5. The fourth-order valence-corrected chi connectivity index (χ4v) is 3.46. The van der Waals surface area contributed by atoms with Gasteiger partial charge in [0.25, 0.3) is 0 Å². The molecule has 4 rings (SSSR count). The predicted molar refractivity (Wildman–Crippen MR) is 182 cm³/mol. The van der Waals surface area contributed by atoms with Gasteiger partial charge in [-0.2, -0.15) is 4.99 Å². The van der Waals surface area contributed by atoms with Gasteiger partial charge in [0.15, 0.2) is 0 Å². The molecule has 4 aromatic rings. The summed E-state index contributed by atoms with van der Waals surface area (Å²) in [5, 5.41) is 4.62. The molecule has 0 aliphatic rings. The van der Waals surface area contributed by atoms with Gasteiger partial charge in [-0.05, 0) is 95.4 Å². The van der Waals surface area contributed by atoms with Crippen LogP contribution in [0.2, 0.25) is 0 Å². The molecule has 0 saturated carbocycles. The minimum Gasteiger partial charge on any atom is -0.195 e. The molecule has 0 aliphatic carbocycles. The number of aliphatic imine (C=N–C) groups is 1. The Labute approximate surface area is 245 Å². The Kier molecular flexibility index (Phi) is 20.4. The van der Waals surface area contributed by atoms with Crippen LogP contribution in [0.5, 0.6) is 0 Å². The van der Waals surface area contributed by atoms with Crippen LogP contribution in [0.4, 0.5) is 5.69 Å². The molecule has 0 saturated heterocycles. The summed E-state index contributed by atoms with van der Waals surface area (Å²) in [6, 6.07) is 28.4. The van der Waals surface area contributed by atoms with E-state index in [9.17, 15) is 0 Å². The highest BCUT2D eigenvalue weighted by Crippen LogP contribution is 2.22. The highest BCUT2D eigenvalue weighted by Gasteiger charge is 1.97. The number of thiocarbonyl (C=S) groups is 1. The van der Waals surface area contributed by atoms with Gasteiger partial charge >= 0.3 is 0 Å². The monoisotopic (exact) mass is 551 g/mol. The lowest BCUT2D eigenvalue weighted by Gasteiger charge is -2.00. The van der Waals surface area contributed by atoms with Crippen LogP contribution in [0.15, 0.2) is 89.9 Å². The van der Waals surface area contributed by atoms with E-state index in [1.165, 1.54) is 5.56 Å². The van der Waals surface area contributed by atoms with Crippen molar-refractivity contribution < 1.29 is 0 Å². The summed E-state index contributed by atoms with van der Waals surface area (Å²) in [6.45, 7) is 16.0. The molecule has 4 aromatic carbocycles. The van der Waals surface area contributed by atoms with Crippen molar-refractivity contribution in [1.82, 2.24) is 0 Å². The summed E-state index contributed by atoms with van der Waals surface area (Å²) >= 11 is 4.67. The minimum atomic E-state index is 0.807. The second-order valence-electron chi connectivity index (χ2n) is 6.93. The van der Waals surface area contributed by atoms with Crippen molar-refractivity contribution in [3.05, 3.63) is 113 Å². The SMILES string of the molecule is CC.CC.CC.CC.PCc1ccc(C#Cc2ccc(C#Cc3ccc4cc(N=C=S)ccc4c3)cc2)cc1. The molecule has 0 bridgehead atoms. The van der Waals surface area contributed by atoms with Crippen LogP contribution < -0.4 is 0 Å². The number of benzene rings is 4. The van der Waals surface area contributed by atoms with E-state index in [0.717, 1.165) is 44.9 Å². The average molecular weight is 552 g/mol. The lowest BCUT2D eigenvalue weighted by atomic mass is 10.1. The molecule has 0 heterocycles. The van der Waals surface area contributed by atoms with Crippen molar-refractivity contribution in [3.8, 4) is 23.7 Å². The van der Waals surface area contributed by atoms with Crippen molar-refractivity contribution in [3.63, 3.8) is 0 Å². The Morgan fingerprint density at radius 1 is 0.538 bits per heavy atom. The molecule has 0 N–H and O–H groups in total. The quantitative estimate of drug-likeness (QED) is 0.104. The summed E-state index contributed by atoms with van der Waals surface area (Å²) in [7, 11) is 2.73. The van der Waals surface area contributed by atoms with Gasteiger partial charge in [0, 0.05) is 22.3 Å². The van der Waals surface area contributed by atoms with Gasteiger partial charge in [0.05, 0.1) is 10.8 Å². The van der Waals surface area contributed by atoms with Crippen LogP contribution in [0.25, 0.3) is 10.8 Å². The first-order valence-corrected chi connectivity index (χ1v) is 15.0. The Balaban J connectivity index is 0.00000166. The molecule has 0 fully saturated rings. The first-order chi connectivity index (χ1) is 19.2. The molecule has 1 atom stereocenters. The zero-order valence-corrected chi connectivity index (χ0v) is 26.7. The molecule has 3 heteroatoms. The number of fused-ring (bicyclic) bond motifs is 1. The van der Waals surface area contributed by atoms with Gasteiger partial charge in [0.2, 0.25) is 0 Å². The van der Waals surface area contributed by atoms with E-state index in [4.69, 9.17) is 0 Å². The van der Waals surface area contributed by atoms with Crippen LogP contribution in [0.3, 0.4) is 0 Å². The molecule has 1 unspecified atom stereocenters. The number of isothiocyanates is 1. The van der Waals surface area contributed by atoms with Crippen LogP contribution >= 0.6 is 21.5 Å². The molecule has 0 radical (unpaired) electrons. The Morgan fingerprint density at radius 3 is 1.38 bits per heavy atom. The maximum absolute atomic E-state index is 4.67. The molecular formula is C36H42NPS. The summed E-state index contributed by atoms with van der Waals surface area (Å²) in [4.78, 5) is 4.03. The zero-order chi connectivity index (χ0) is 29.5. The fraction of sp³-hybridized carbons (Fsp3) is 0.250. The van der Waals surface area contributed by atoms with Crippen molar-refractivity contribution in [1.29, 1.82) is 0 Å². The van der Waals surface area contributed by atoms with E-state index in [2.05, 4.69) is 85.6 Å². The van der Waals surface area contributed by atoms with Gasteiger partial charge in [0.1, 0.15) is 0 Å². The standard InChI is InChI=1S/C28H18NPS.4C2H6/c30-19-25-11-8-23(9-12-25)6-3-21-1-4-22(5-2-21)7-10-24-13-14-27-18-28(29-20-31)16-15-26(27)17-24;4*1-2/h1-2,4-5,8-9,11-18H,19,30H2;4*1-2H3. The lowest BCUT2D eigenvalue weighted by molar-refractivity contribution is 1.41. The summed E-state index contributed by atoms with van der Waals surface area (Å²) in [5.41, 5.74) is 6.01. The predicted octanol–water partition coefficient (Wildman–Crippen LogP) is 10.9. The average Bonchev–Trinajstić information content (AvgIpc) is 3.04. The van der Waals surface area contributed by atoms with E-state index >= 15 is 0 Å². The largest absolute Gasteiger partial charge is 0.195 e. The fourth-order valence-electron chi connectivity index (χ4n) is 3.08. The molecular weight excluding hydrogens is 509 g/mol. The van der Waals surface area contributed by atoms with Crippen molar-refractivity contribution in [2.45, 2.75) is 61.6 Å². The summed E-state index contributed by atoms with van der Waals surface area (Å²) in [6.07, 6.45) is 0.958. The smallest absolute Gasteiger partial charge is 0.0745 e. The van der Waals surface area contributed by atoms with Crippen LogP contribution in [0, 0.1) is 23.7 Å². The van der Waals surface area contributed by atoms with Crippen molar-refractivity contribution in [2.75, 3.05) is 0 Å². The highest BCUT2D eigenvalue weighted by molar-refractivity contribution is 7.78. The first-order valence-electron chi connectivity index (χ1n) is 13.8. The van der Waals surface area contributed by atoms with Crippen LogP contribution in [0.1, 0.15) is 83.2 Å². The number of hydrogen-bond donors (Lipinski definition) is 0. The molecule has 0 aliphatic heterocycles. The maximum Gasteiger partial charge on any atom is 0.0745 e. The van der Waals surface area contributed by atoms with Crippen LogP contribution in [-0.4, -0.2) is 5.16 Å². The summed E-state index contributed by atoms with van der Waals surface area (Å²) in [5.74, 6) is 12.9. The van der Waals surface area contributed by atoms with Gasteiger partial charge < -0.3 is 0 Å². The molecule has 39 heavy (non-hydrogen) atoms. The normalized spacial score (nSPS) is 8.33. The lowest BCUT2D eigenvalue weighted by Crippen LogP contribution is -1.81. The van der Waals surface area contributed by atoms with E-state index in [-0.39, 0.29) is 0 Å². The molecule has 0 spiro atoms. The van der Waals surface area contributed by atoms with Crippen LogP contribution in [-0.2, 0) is 6.16 Å². The topological polar surface area (TPSA) is 12.4 Å². The highest BCUT2D eigenvalue weighted by atomic mass is 32.1. The Hall–Kier alpha value is -3.51. The molecule has 1 nitrogen and oxygen atoms in total. The van der Waals surface area contributed by atoms with E-state index in [1.54, 1.807) is 0 Å². The Bertz CT molecular complexity index is 1410. The third kappa shape index (κ3) is 12.7. The van der Waals surface area contributed by atoms with Gasteiger partial charge in [-0.15, -0.1) is 9.24 Å². The third-order valence-corrected chi connectivity index (χ3v) is 5.34.